The van der Waals surface area contributed by atoms with E-state index >= 15 is 0 Å². The molecule has 0 aliphatic carbocycles. The topological polar surface area (TPSA) is 64.0 Å². The van der Waals surface area contributed by atoms with E-state index in [1.54, 1.807) is 0 Å². The first kappa shape index (κ1) is 14.5. The van der Waals surface area contributed by atoms with Crippen molar-refractivity contribution in [1.82, 2.24) is 14.9 Å². The van der Waals surface area contributed by atoms with Crippen LogP contribution in [0.25, 0.3) is 11.0 Å². The molecule has 114 valence electrons. The maximum Gasteiger partial charge on any atom is 0.153 e. The van der Waals surface area contributed by atoms with E-state index in [4.69, 9.17) is 4.98 Å². The number of nitrogens with one attached hydrogen (secondary N) is 1. The summed E-state index contributed by atoms with van der Waals surface area (Å²) in [6.45, 7) is 5.53. The minimum absolute atomic E-state index is 0.0352. The zero-order chi connectivity index (χ0) is 15.0. The lowest BCUT2D eigenvalue weighted by Gasteiger charge is -2.23. The summed E-state index contributed by atoms with van der Waals surface area (Å²) >= 11 is 0. The van der Waals surface area contributed by atoms with Gasteiger partial charge in [-0.1, -0.05) is 6.07 Å². The van der Waals surface area contributed by atoms with Crippen molar-refractivity contribution < 1.29 is 8.42 Å². The Morgan fingerprint density at radius 1 is 1.43 bits per heavy atom. The zero-order valence-electron chi connectivity index (χ0n) is 12.5. The van der Waals surface area contributed by atoms with Crippen molar-refractivity contribution in [1.29, 1.82) is 0 Å². The summed E-state index contributed by atoms with van der Waals surface area (Å²) in [4.78, 5) is 4.71. The van der Waals surface area contributed by atoms with E-state index in [0.29, 0.717) is 13.0 Å². The number of hydrogen-bond donors (Lipinski definition) is 1. The highest BCUT2D eigenvalue weighted by molar-refractivity contribution is 7.91. The molecule has 21 heavy (non-hydrogen) atoms. The fraction of sp³-hybridized carbons (Fsp3) is 0.533. The molecule has 0 radical (unpaired) electrons. The molecule has 1 aromatic heterocycles. The van der Waals surface area contributed by atoms with E-state index in [1.165, 1.54) is 5.56 Å². The molecule has 5 nitrogen and oxygen atoms in total. The Morgan fingerprint density at radius 3 is 2.95 bits per heavy atom. The molecule has 1 saturated heterocycles. The van der Waals surface area contributed by atoms with Crippen LogP contribution in [0.5, 0.6) is 0 Å². The van der Waals surface area contributed by atoms with E-state index in [0.717, 1.165) is 23.4 Å². The lowest BCUT2D eigenvalue weighted by atomic mass is 10.2. The zero-order valence-corrected chi connectivity index (χ0v) is 13.3. The van der Waals surface area contributed by atoms with E-state index < -0.39 is 9.84 Å². The van der Waals surface area contributed by atoms with Gasteiger partial charge in [-0.25, -0.2) is 13.4 Å². The summed E-state index contributed by atoms with van der Waals surface area (Å²) in [7, 11) is -2.91. The second-order valence-corrected chi connectivity index (χ2v) is 7.96. The second-order valence-electron chi connectivity index (χ2n) is 5.73. The average Bonchev–Trinajstić information content (AvgIpc) is 2.73. The number of aromatic nitrogens is 2. The maximum atomic E-state index is 11.8. The maximum absolute atomic E-state index is 11.8. The van der Waals surface area contributed by atoms with Crippen LogP contribution in [0.2, 0.25) is 0 Å². The van der Waals surface area contributed by atoms with E-state index in [1.807, 2.05) is 0 Å². The smallest absolute Gasteiger partial charge is 0.153 e. The monoisotopic (exact) mass is 307 g/mol. The Balaban J connectivity index is 1.93. The number of nitrogens with zero attached hydrogens (tertiary/aromatic N) is 2. The Hall–Kier alpha value is -1.40. The van der Waals surface area contributed by atoms with Gasteiger partial charge in [-0.2, -0.15) is 0 Å². The van der Waals surface area contributed by atoms with E-state index in [-0.39, 0.29) is 17.5 Å². The van der Waals surface area contributed by atoms with Crippen molar-refractivity contribution in [2.75, 3.05) is 18.1 Å². The van der Waals surface area contributed by atoms with Gasteiger partial charge in [-0.15, -0.1) is 0 Å². The summed E-state index contributed by atoms with van der Waals surface area (Å²) in [5.41, 5.74) is 3.30. The average molecular weight is 307 g/mol. The Kier molecular flexibility index (Phi) is 3.75. The van der Waals surface area contributed by atoms with Crippen LogP contribution < -0.4 is 5.32 Å². The van der Waals surface area contributed by atoms with Gasteiger partial charge in [0.2, 0.25) is 0 Å². The van der Waals surface area contributed by atoms with Crippen molar-refractivity contribution in [3.8, 4) is 0 Å². The molecule has 2 heterocycles. The SMILES string of the molecule is CCn1c(CC2CS(=O)(=O)CCN2)nc2cc(C)ccc21. The number of fused-ring (bicyclic) bond motifs is 1. The fourth-order valence-corrected chi connectivity index (χ4v) is 4.46. The first-order valence-electron chi connectivity index (χ1n) is 7.38. The molecule has 1 N–H and O–H groups in total. The van der Waals surface area contributed by atoms with Crippen molar-refractivity contribution in [3.05, 3.63) is 29.6 Å². The highest BCUT2D eigenvalue weighted by Gasteiger charge is 2.26. The molecular weight excluding hydrogens is 286 g/mol. The van der Waals surface area contributed by atoms with Crippen LogP contribution in [-0.2, 0) is 22.8 Å². The van der Waals surface area contributed by atoms with Gasteiger partial charge in [0.1, 0.15) is 5.82 Å². The van der Waals surface area contributed by atoms with Crippen LogP contribution in [0.1, 0.15) is 18.3 Å². The molecule has 0 saturated carbocycles. The lowest BCUT2D eigenvalue weighted by Crippen LogP contribution is -2.46. The van der Waals surface area contributed by atoms with Crippen LogP contribution in [0, 0.1) is 6.92 Å². The van der Waals surface area contributed by atoms with Crippen LogP contribution >= 0.6 is 0 Å². The molecule has 1 aromatic carbocycles. The summed E-state index contributed by atoms with van der Waals surface area (Å²) in [6, 6.07) is 6.22. The third kappa shape index (κ3) is 2.96. The minimum Gasteiger partial charge on any atom is -0.328 e. The van der Waals surface area contributed by atoms with Crippen LogP contribution in [0.15, 0.2) is 18.2 Å². The fourth-order valence-electron chi connectivity index (χ4n) is 3.02. The highest BCUT2D eigenvalue weighted by atomic mass is 32.2. The molecule has 0 bridgehead atoms. The van der Waals surface area contributed by atoms with Gasteiger partial charge >= 0.3 is 0 Å². The third-order valence-corrected chi connectivity index (χ3v) is 5.77. The minimum atomic E-state index is -2.91. The van der Waals surface area contributed by atoms with Gasteiger partial charge < -0.3 is 9.88 Å². The lowest BCUT2D eigenvalue weighted by molar-refractivity contribution is 0.502. The number of imidazole rings is 1. The summed E-state index contributed by atoms with van der Waals surface area (Å²) < 4.78 is 25.7. The summed E-state index contributed by atoms with van der Waals surface area (Å²) in [6.07, 6.45) is 0.654. The van der Waals surface area contributed by atoms with Gasteiger partial charge in [0.15, 0.2) is 9.84 Å². The molecule has 1 fully saturated rings. The molecule has 1 aliphatic heterocycles. The molecule has 1 unspecified atom stereocenters. The largest absolute Gasteiger partial charge is 0.328 e. The quantitative estimate of drug-likeness (QED) is 0.928. The number of rotatable bonds is 3. The normalized spacial score (nSPS) is 21.7. The highest BCUT2D eigenvalue weighted by Crippen LogP contribution is 2.19. The van der Waals surface area contributed by atoms with Gasteiger partial charge in [-0.3, -0.25) is 0 Å². The Morgan fingerprint density at radius 2 is 2.24 bits per heavy atom. The first-order valence-corrected chi connectivity index (χ1v) is 9.20. The van der Waals surface area contributed by atoms with Gasteiger partial charge in [0.05, 0.1) is 22.5 Å². The van der Waals surface area contributed by atoms with E-state index in [9.17, 15) is 8.42 Å². The predicted molar refractivity (Wildman–Crippen MR) is 84.3 cm³/mol. The van der Waals surface area contributed by atoms with Crippen molar-refractivity contribution in [2.45, 2.75) is 32.9 Å². The third-order valence-electron chi connectivity index (χ3n) is 4.03. The molecule has 0 spiro atoms. The van der Waals surface area contributed by atoms with Gasteiger partial charge in [0.25, 0.3) is 0 Å². The number of hydrogen-bond acceptors (Lipinski definition) is 4. The molecule has 6 heteroatoms. The van der Waals surface area contributed by atoms with Crippen LogP contribution in [0.3, 0.4) is 0 Å². The molecule has 3 rings (SSSR count). The van der Waals surface area contributed by atoms with Gasteiger partial charge in [-0.05, 0) is 31.5 Å². The number of sulfone groups is 1. The molecule has 0 amide bonds. The van der Waals surface area contributed by atoms with Crippen LogP contribution in [0.4, 0.5) is 0 Å². The molecule has 1 atom stereocenters. The van der Waals surface area contributed by atoms with Crippen molar-refractivity contribution in [3.63, 3.8) is 0 Å². The van der Waals surface area contributed by atoms with Gasteiger partial charge in [0, 0.05) is 25.6 Å². The summed E-state index contributed by atoms with van der Waals surface area (Å²) in [5.74, 6) is 1.42. The van der Waals surface area contributed by atoms with Crippen molar-refractivity contribution in [2.24, 2.45) is 0 Å². The molecule has 2 aromatic rings. The number of benzene rings is 1. The second kappa shape index (κ2) is 5.42. The van der Waals surface area contributed by atoms with E-state index in [2.05, 4.69) is 41.9 Å². The first-order chi connectivity index (χ1) is 9.98. The Bertz CT molecular complexity index is 765. The standard InChI is InChI=1S/C15H21N3O2S/c1-3-18-14-5-4-11(2)8-13(14)17-15(18)9-12-10-21(19,20)7-6-16-12/h4-5,8,12,16H,3,6-7,9-10H2,1-2H3. The molecule has 1 aliphatic rings. The molecular formula is C15H21N3O2S. The Labute approximate surface area is 125 Å². The van der Waals surface area contributed by atoms with Crippen molar-refractivity contribution >= 4 is 20.9 Å². The van der Waals surface area contributed by atoms with Crippen LogP contribution in [-0.4, -0.2) is 42.1 Å². The predicted octanol–water partition coefficient (Wildman–Crippen LogP) is 1.29. The summed E-state index contributed by atoms with van der Waals surface area (Å²) in [5, 5.41) is 3.30. The number of aryl methyl sites for hydroxylation is 2.